The van der Waals surface area contributed by atoms with Gasteiger partial charge in [0.1, 0.15) is 0 Å². The minimum Gasteiger partial charge on any atom is -0.231 e. The summed E-state index contributed by atoms with van der Waals surface area (Å²) < 4.78 is 0. The molecule has 2 heteroatoms. The van der Waals surface area contributed by atoms with Crippen molar-refractivity contribution in [3.63, 3.8) is 0 Å². The van der Waals surface area contributed by atoms with Gasteiger partial charge in [-0.25, -0.2) is 5.32 Å². The van der Waals surface area contributed by atoms with Crippen LogP contribution in [0, 0.1) is 0 Å². The Morgan fingerprint density at radius 1 is 1.25 bits per heavy atom. The van der Waals surface area contributed by atoms with E-state index in [0.29, 0.717) is 0 Å². The highest BCUT2D eigenvalue weighted by molar-refractivity contribution is 7.99. The van der Waals surface area contributed by atoms with Crippen LogP contribution in [0.2, 0.25) is 0 Å². The SMILES string of the molecule is CCC[N]CSc1ccccc1. The van der Waals surface area contributed by atoms with Crippen molar-refractivity contribution in [1.29, 1.82) is 0 Å². The Kier molecular flexibility index (Phi) is 4.88. The molecule has 1 aromatic carbocycles. The van der Waals surface area contributed by atoms with Gasteiger partial charge in [0.05, 0.1) is 5.88 Å². The Labute approximate surface area is 78.6 Å². The maximum atomic E-state index is 4.35. The molecule has 0 amide bonds. The lowest BCUT2D eigenvalue weighted by atomic mass is 10.4. The Hall–Kier alpha value is -0.470. The van der Waals surface area contributed by atoms with Crippen LogP contribution in [0.5, 0.6) is 0 Å². The third-order valence-corrected chi connectivity index (χ3v) is 2.36. The standard InChI is InChI=1S/C10H14NS/c1-2-8-11-9-12-10-6-4-3-5-7-10/h3-7H,2,8-9H2,1H3. The summed E-state index contributed by atoms with van der Waals surface area (Å²) in [4.78, 5) is 1.30. The first-order valence-electron chi connectivity index (χ1n) is 4.24. The fourth-order valence-electron chi connectivity index (χ4n) is 0.860. The number of rotatable bonds is 5. The second-order valence-electron chi connectivity index (χ2n) is 2.53. The fraction of sp³-hybridized carbons (Fsp3) is 0.400. The third-order valence-electron chi connectivity index (χ3n) is 1.45. The Morgan fingerprint density at radius 2 is 2.00 bits per heavy atom. The molecule has 0 unspecified atom stereocenters. The lowest BCUT2D eigenvalue weighted by Gasteiger charge is -1.99. The van der Waals surface area contributed by atoms with E-state index in [-0.39, 0.29) is 0 Å². The van der Waals surface area contributed by atoms with Crippen molar-refractivity contribution in [2.45, 2.75) is 18.2 Å². The molecule has 0 saturated heterocycles. The Balaban J connectivity index is 2.16. The lowest BCUT2D eigenvalue weighted by Crippen LogP contribution is -2.03. The van der Waals surface area contributed by atoms with Crippen molar-refractivity contribution in [3.05, 3.63) is 30.3 Å². The second kappa shape index (κ2) is 6.09. The molecule has 12 heavy (non-hydrogen) atoms. The van der Waals surface area contributed by atoms with Gasteiger partial charge < -0.3 is 0 Å². The molecule has 1 nitrogen and oxygen atoms in total. The van der Waals surface area contributed by atoms with E-state index in [2.05, 4.69) is 36.5 Å². The van der Waals surface area contributed by atoms with Gasteiger partial charge in [0.25, 0.3) is 0 Å². The molecule has 0 fully saturated rings. The molecule has 0 spiro atoms. The van der Waals surface area contributed by atoms with Gasteiger partial charge in [-0.1, -0.05) is 25.1 Å². The highest BCUT2D eigenvalue weighted by atomic mass is 32.2. The molecule has 0 aliphatic carbocycles. The van der Waals surface area contributed by atoms with Crippen LogP contribution in [-0.2, 0) is 0 Å². The first kappa shape index (κ1) is 9.62. The van der Waals surface area contributed by atoms with Crippen molar-refractivity contribution in [2.75, 3.05) is 12.4 Å². The molecular formula is C10H14NS. The van der Waals surface area contributed by atoms with Gasteiger partial charge >= 0.3 is 0 Å². The van der Waals surface area contributed by atoms with Crippen molar-refractivity contribution >= 4 is 11.8 Å². The van der Waals surface area contributed by atoms with E-state index in [1.54, 1.807) is 11.8 Å². The lowest BCUT2D eigenvalue weighted by molar-refractivity contribution is 0.742. The summed E-state index contributed by atoms with van der Waals surface area (Å²) in [6, 6.07) is 10.4. The largest absolute Gasteiger partial charge is 0.231 e. The van der Waals surface area contributed by atoms with E-state index < -0.39 is 0 Å². The van der Waals surface area contributed by atoms with Crippen LogP contribution in [0.1, 0.15) is 13.3 Å². The van der Waals surface area contributed by atoms with Crippen LogP contribution in [0.15, 0.2) is 35.2 Å². The topological polar surface area (TPSA) is 14.1 Å². The quantitative estimate of drug-likeness (QED) is 0.502. The monoisotopic (exact) mass is 180 g/mol. The summed E-state index contributed by atoms with van der Waals surface area (Å²) in [5.41, 5.74) is 0. The summed E-state index contributed by atoms with van der Waals surface area (Å²) in [6.45, 7) is 3.14. The molecule has 0 heterocycles. The van der Waals surface area contributed by atoms with E-state index in [0.717, 1.165) is 18.8 Å². The number of hydrogen-bond donors (Lipinski definition) is 0. The normalized spacial score (nSPS) is 10.1. The minimum atomic E-state index is 0.887. The van der Waals surface area contributed by atoms with Crippen molar-refractivity contribution < 1.29 is 0 Å². The van der Waals surface area contributed by atoms with E-state index >= 15 is 0 Å². The molecule has 0 aliphatic rings. The van der Waals surface area contributed by atoms with Crippen molar-refractivity contribution in [1.82, 2.24) is 5.32 Å². The highest BCUT2D eigenvalue weighted by Crippen LogP contribution is 2.15. The molecule has 0 aromatic heterocycles. The summed E-state index contributed by atoms with van der Waals surface area (Å²) in [5, 5.41) is 4.35. The minimum absolute atomic E-state index is 0.887. The van der Waals surface area contributed by atoms with Crippen LogP contribution >= 0.6 is 11.8 Å². The predicted octanol–water partition coefficient (Wildman–Crippen LogP) is 2.75. The fourth-order valence-corrected chi connectivity index (χ4v) is 1.58. The summed E-state index contributed by atoms with van der Waals surface area (Å²) in [6.07, 6.45) is 1.15. The first-order valence-corrected chi connectivity index (χ1v) is 5.23. The van der Waals surface area contributed by atoms with E-state index in [1.807, 2.05) is 6.07 Å². The summed E-state index contributed by atoms with van der Waals surface area (Å²) in [5.74, 6) is 0.887. The molecule has 1 aromatic rings. The molecular weight excluding hydrogens is 166 g/mol. The zero-order chi connectivity index (χ0) is 8.65. The van der Waals surface area contributed by atoms with Gasteiger partial charge in [-0.2, -0.15) is 0 Å². The van der Waals surface area contributed by atoms with Gasteiger partial charge in [-0.15, -0.1) is 11.8 Å². The van der Waals surface area contributed by atoms with Crippen LogP contribution < -0.4 is 5.32 Å². The molecule has 0 saturated carbocycles. The highest BCUT2D eigenvalue weighted by Gasteiger charge is 1.90. The van der Waals surface area contributed by atoms with Crippen molar-refractivity contribution in [3.8, 4) is 0 Å². The number of nitrogens with zero attached hydrogens (tertiary/aromatic N) is 1. The number of benzene rings is 1. The van der Waals surface area contributed by atoms with E-state index in [9.17, 15) is 0 Å². The third kappa shape index (κ3) is 3.79. The van der Waals surface area contributed by atoms with Crippen LogP contribution in [0.3, 0.4) is 0 Å². The molecule has 0 aliphatic heterocycles. The molecule has 0 atom stereocenters. The maximum Gasteiger partial charge on any atom is 0.0637 e. The van der Waals surface area contributed by atoms with Gasteiger partial charge in [0.15, 0.2) is 0 Å². The average Bonchev–Trinajstić information content (AvgIpc) is 2.14. The summed E-state index contributed by atoms with van der Waals surface area (Å²) >= 11 is 1.79. The van der Waals surface area contributed by atoms with Crippen LogP contribution in [-0.4, -0.2) is 12.4 Å². The van der Waals surface area contributed by atoms with E-state index in [4.69, 9.17) is 0 Å². The molecule has 0 N–H and O–H groups in total. The number of hydrogen-bond acceptors (Lipinski definition) is 1. The van der Waals surface area contributed by atoms with Crippen molar-refractivity contribution in [2.24, 2.45) is 0 Å². The molecule has 1 radical (unpaired) electrons. The Bertz CT molecular complexity index is 198. The zero-order valence-electron chi connectivity index (χ0n) is 7.36. The second-order valence-corrected chi connectivity index (χ2v) is 3.55. The van der Waals surface area contributed by atoms with Gasteiger partial charge in [-0.05, 0) is 18.6 Å². The predicted molar refractivity (Wildman–Crippen MR) is 54.5 cm³/mol. The van der Waals surface area contributed by atoms with Gasteiger partial charge in [0, 0.05) is 11.4 Å². The maximum absolute atomic E-state index is 4.35. The summed E-state index contributed by atoms with van der Waals surface area (Å²) in [7, 11) is 0. The van der Waals surface area contributed by atoms with E-state index in [1.165, 1.54) is 4.90 Å². The van der Waals surface area contributed by atoms with Gasteiger partial charge in [-0.3, -0.25) is 0 Å². The smallest absolute Gasteiger partial charge is 0.0637 e. The Morgan fingerprint density at radius 3 is 2.67 bits per heavy atom. The van der Waals surface area contributed by atoms with Crippen LogP contribution in [0.4, 0.5) is 0 Å². The number of thioether (sulfide) groups is 1. The van der Waals surface area contributed by atoms with Gasteiger partial charge in [0.2, 0.25) is 0 Å². The molecule has 0 bridgehead atoms. The van der Waals surface area contributed by atoms with Crippen LogP contribution in [0.25, 0.3) is 0 Å². The molecule has 65 valence electrons. The zero-order valence-corrected chi connectivity index (χ0v) is 8.18. The molecule has 1 rings (SSSR count). The average molecular weight is 180 g/mol. The first-order chi connectivity index (χ1) is 5.93.